The zero-order chi connectivity index (χ0) is 20.1. The van der Waals surface area contributed by atoms with E-state index in [2.05, 4.69) is 25.6 Å². The van der Waals surface area contributed by atoms with Crippen LogP contribution in [-0.2, 0) is 6.42 Å². The lowest BCUT2D eigenvalue weighted by Gasteiger charge is -2.10. The van der Waals surface area contributed by atoms with Gasteiger partial charge in [-0.3, -0.25) is 14.8 Å². The number of nitrogens with zero attached hydrogens (tertiary/aromatic N) is 5. The molecule has 4 aromatic rings. The molecule has 1 aromatic carbocycles. The van der Waals surface area contributed by atoms with Crippen molar-refractivity contribution in [1.82, 2.24) is 30.3 Å². The van der Waals surface area contributed by atoms with Gasteiger partial charge in [0.2, 0.25) is 0 Å². The molecule has 0 aliphatic heterocycles. The van der Waals surface area contributed by atoms with Crippen LogP contribution in [0.4, 0.5) is 0 Å². The highest BCUT2D eigenvalue weighted by atomic mass is 35.5. The highest BCUT2D eigenvalue weighted by molar-refractivity contribution is 6.32. The molecule has 0 bridgehead atoms. The fourth-order valence-electron chi connectivity index (χ4n) is 2.95. The lowest BCUT2D eigenvalue weighted by Crippen LogP contribution is -2.26. The first-order valence-corrected chi connectivity index (χ1v) is 9.40. The summed E-state index contributed by atoms with van der Waals surface area (Å²) in [7, 11) is 0. The van der Waals surface area contributed by atoms with Gasteiger partial charge in [-0.2, -0.15) is 0 Å². The van der Waals surface area contributed by atoms with E-state index >= 15 is 0 Å². The van der Waals surface area contributed by atoms with Crippen LogP contribution in [0.25, 0.3) is 16.9 Å². The smallest absolute Gasteiger partial charge is 0.274 e. The van der Waals surface area contributed by atoms with Gasteiger partial charge in [0.15, 0.2) is 5.69 Å². The zero-order valence-electron chi connectivity index (χ0n) is 15.4. The summed E-state index contributed by atoms with van der Waals surface area (Å²) in [5.41, 5.74) is 3.23. The van der Waals surface area contributed by atoms with Crippen molar-refractivity contribution < 1.29 is 4.79 Å². The fraction of sp³-hybridized carbons (Fsp3) is 0.0952. The van der Waals surface area contributed by atoms with E-state index in [1.165, 1.54) is 0 Å². The van der Waals surface area contributed by atoms with Gasteiger partial charge >= 0.3 is 0 Å². The van der Waals surface area contributed by atoms with E-state index in [1.807, 2.05) is 30.3 Å². The number of carbonyl (C=O) groups is 1. The molecule has 0 aliphatic carbocycles. The maximum atomic E-state index is 12.9. The number of rotatable bonds is 6. The Hall–Kier alpha value is -3.58. The van der Waals surface area contributed by atoms with Crippen molar-refractivity contribution in [1.29, 1.82) is 0 Å². The second kappa shape index (κ2) is 8.62. The van der Waals surface area contributed by atoms with Gasteiger partial charge < -0.3 is 5.32 Å². The van der Waals surface area contributed by atoms with Gasteiger partial charge in [-0.25, -0.2) is 4.68 Å². The predicted molar refractivity (Wildman–Crippen MR) is 110 cm³/mol. The Labute approximate surface area is 172 Å². The molecule has 3 aromatic heterocycles. The van der Waals surface area contributed by atoms with Crippen LogP contribution in [0.1, 0.15) is 16.1 Å². The van der Waals surface area contributed by atoms with Crippen LogP contribution in [0.3, 0.4) is 0 Å². The zero-order valence-corrected chi connectivity index (χ0v) is 16.1. The Morgan fingerprint density at radius 1 is 1.00 bits per heavy atom. The molecule has 8 heteroatoms. The van der Waals surface area contributed by atoms with E-state index < -0.39 is 0 Å². The molecule has 144 valence electrons. The van der Waals surface area contributed by atoms with Crippen LogP contribution in [0.5, 0.6) is 0 Å². The second-order valence-corrected chi connectivity index (χ2v) is 6.66. The quantitative estimate of drug-likeness (QED) is 0.532. The number of amides is 1. The summed E-state index contributed by atoms with van der Waals surface area (Å²) < 4.78 is 1.58. The van der Waals surface area contributed by atoms with E-state index in [4.69, 9.17) is 11.6 Å². The summed E-state index contributed by atoms with van der Waals surface area (Å²) in [6, 6.07) is 14.7. The molecular weight excluding hydrogens is 388 g/mol. The monoisotopic (exact) mass is 404 g/mol. The summed E-state index contributed by atoms with van der Waals surface area (Å²) in [6.07, 6.45) is 7.48. The molecule has 1 N–H and O–H groups in total. The van der Waals surface area contributed by atoms with Crippen molar-refractivity contribution in [2.45, 2.75) is 6.42 Å². The number of pyridine rings is 2. The lowest BCUT2D eigenvalue weighted by atomic mass is 10.1. The molecule has 0 aliphatic rings. The second-order valence-electron chi connectivity index (χ2n) is 6.25. The van der Waals surface area contributed by atoms with Crippen molar-refractivity contribution in [3.05, 3.63) is 89.6 Å². The van der Waals surface area contributed by atoms with E-state index in [9.17, 15) is 4.79 Å². The molecule has 0 saturated heterocycles. The number of hydrogen-bond donors (Lipinski definition) is 1. The number of nitrogens with one attached hydrogen (secondary N) is 1. The third-order valence-corrected chi connectivity index (χ3v) is 4.66. The van der Waals surface area contributed by atoms with E-state index in [1.54, 1.807) is 47.7 Å². The van der Waals surface area contributed by atoms with Gasteiger partial charge in [-0.15, -0.1) is 5.10 Å². The molecule has 4 rings (SSSR count). The SMILES string of the molecule is O=C(NCCc1cccnc1)c1nnn(-c2ccccc2Cl)c1-c1ccncc1. The number of halogens is 1. The Balaban J connectivity index is 1.65. The van der Waals surface area contributed by atoms with Crippen molar-refractivity contribution in [3.8, 4) is 16.9 Å². The molecule has 0 fully saturated rings. The molecule has 0 radical (unpaired) electrons. The first-order chi connectivity index (χ1) is 14.2. The fourth-order valence-corrected chi connectivity index (χ4v) is 3.16. The molecule has 0 spiro atoms. The largest absolute Gasteiger partial charge is 0.350 e. The molecule has 7 nitrogen and oxygen atoms in total. The number of carbonyl (C=O) groups excluding carboxylic acids is 1. The van der Waals surface area contributed by atoms with Gasteiger partial charge in [0.25, 0.3) is 5.91 Å². The number of para-hydroxylation sites is 1. The average Bonchev–Trinajstić information content (AvgIpc) is 3.20. The van der Waals surface area contributed by atoms with Gasteiger partial charge in [-0.1, -0.05) is 35.0 Å². The van der Waals surface area contributed by atoms with E-state index in [0.29, 0.717) is 29.4 Å². The number of benzene rings is 1. The van der Waals surface area contributed by atoms with E-state index in [-0.39, 0.29) is 11.6 Å². The Morgan fingerprint density at radius 3 is 2.59 bits per heavy atom. The van der Waals surface area contributed by atoms with Crippen LogP contribution in [0.2, 0.25) is 5.02 Å². The summed E-state index contributed by atoms with van der Waals surface area (Å²) >= 11 is 6.35. The summed E-state index contributed by atoms with van der Waals surface area (Å²) in [5.74, 6) is -0.306. The molecule has 1 amide bonds. The standard InChI is InChI=1S/C21H17ClN6O/c22-17-5-1-2-6-18(17)28-20(16-8-11-23-12-9-16)19(26-27-28)21(29)25-13-7-15-4-3-10-24-14-15/h1-6,8-12,14H,7,13H2,(H,25,29). The first-order valence-electron chi connectivity index (χ1n) is 9.02. The highest BCUT2D eigenvalue weighted by Crippen LogP contribution is 2.28. The Kier molecular flexibility index (Phi) is 5.58. The first kappa shape index (κ1) is 18.8. The van der Waals surface area contributed by atoms with Gasteiger partial charge in [-0.05, 0) is 42.3 Å². The van der Waals surface area contributed by atoms with Crippen molar-refractivity contribution in [2.75, 3.05) is 6.54 Å². The van der Waals surface area contributed by atoms with Gasteiger partial charge in [0.05, 0.1) is 10.7 Å². The maximum absolute atomic E-state index is 12.9. The number of hydrogen-bond acceptors (Lipinski definition) is 5. The Morgan fingerprint density at radius 2 is 1.83 bits per heavy atom. The minimum Gasteiger partial charge on any atom is -0.350 e. The summed E-state index contributed by atoms with van der Waals surface area (Å²) in [4.78, 5) is 21.0. The normalized spacial score (nSPS) is 10.7. The van der Waals surface area contributed by atoms with E-state index in [0.717, 1.165) is 11.1 Å². The van der Waals surface area contributed by atoms with Crippen LogP contribution in [-0.4, -0.2) is 37.4 Å². The lowest BCUT2D eigenvalue weighted by molar-refractivity contribution is 0.0949. The minimum absolute atomic E-state index is 0.224. The predicted octanol–water partition coefficient (Wildman–Crippen LogP) is 3.35. The molecular formula is C21H17ClN6O. The molecule has 0 atom stereocenters. The molecule has 3 heterocycles. The average molecular weight is 405 g/mol. The maximum Gasteiger partial charge on any atom is 0.274 e. The van der Waals surface area contributed by atoms with Crippen molar-refractivity contribution in [3.63, 3.8) is 0 Å². The van der Waals surface area contributed by atoms with Gasteiger partial charge in [0, 0.05) is 36.9 Å². The van der Waals surface area contributed by atoms with Crippen LogP contribution in [0.15, 0.2) is 73.3 Å². The van der Waals surface area contributed by atoms with Gasteiger partial charge in [0.1, 0.15) is 5.69 Å². The third kappa shape index (κ3) is 4.14. The van der Waals surface area contributed by atoms with Crippen LogP contribution in [0, 0.1) is 0 Å². The Bertz CT molecular complexity index is 1110. The highest BCUT2D eigenvalue weighted by Gasteiger charge is 2.22. The summed E-state index contributed by atoms with van der Waals surface area (Å²) in [6.45, 7) is 0.458. The summed E-state index contributed by atoms with van der Waals surface area (Å²) in [5, 5.41) is 11.8. The third-order valence-electron chi connectivity index (χ3n) is 4.34. The van der Waals surface area contributed by atoms with Crippen LogP contribution < -0.4 is 5.32 Å². The topological polar surface area (TPSA) is 85.6 Å². The van der Waals surface area contributed by atoms with Crippen molar-refractivity contribution in [2.24, 2.45) is 0 Å². The minimum atomic E-state index is -0.306. The number of aromatic nitrogens is 5. The van der Waals surface area contributed by atoms with Crippen molar-refractivity contribution >= 4 is 17.5 Å². The molecule has 0 saturated carbocycles. The molecule has 29 heavy (non-hydrogen) atoms. The van der Waals surface area contributed by atoms with Crippen LogP contribution >= 0.6 is 11.6 Å². The molecule has 0 unspecified atom stereocenters.